The lowest BCUT2D eigenvalue weighted by Gasteiger charge is -2.22. The lowest BCUT2D eigenvalue weighted by Crippen LogP contribution is -2.41. The minimum absolute atomic E-state index is 0.369. The average molecular weight is 352 g/mol. The van der Waals surface area contributed by atoms with Crippen LogP contribution in [0.3, 0.4) is 0 Å². The van der Waals surface area contributed by atoms with Gasteiger partial charge in [0.2, 0.25) is 0 Å². The van der Waals surface area contributed by atoms with E-state index in [0.717, 1.165) is 16.0 Å². The summed E-state index contributed by atoms with van der Waals surface area (Å²) in [7, 11) is 0. The van der Waals surface area contributed by atoms with E-state index in [1.165, 1.54) is 0 Å². The molecule has 1 N–H and O–H groups in total. The second kappa shape index (κ2) is 6.63. The van der Waals surface area contributed by atoms with E-state index in [1.807, 2.05) is 38.1 Å². The molecule has 1 saturated heterocycles. The molecular formula is C20H20N2O4. The van der Waals surface area contributed by atoms with Gasteiger partial charge in [-0.25, -0.2) is 9.59 Å². The van der Waals surface area contributed by atoms with Crippen LogP contribution in [-0.4, -0.2) is 29.4 Å². The van der Waals surface area contributed by atoms with E-state index in [1.54, 1.807) is 31.2 Å². The van der Waals surface area contributed by atoms with E-state index in [-0.39, 0.29) is 0 Å². The molecule has 1 aliphatic rings. The Hall–Kier alpha value is -3.15. The molecule has 2 aromatic rings. The minimum atomic E-state index is -1.20. The van der Waals surface area contributed by atoms with Crippen molar-refractivity contribution in [1.29, 1.82) is 0 Å². The highest BCUT2D eigenvalue weighted by Crippen LogP contribution is 2.29. The van der Waals surface area contributed by atoms with Gasteiger partial charge in [0.25, 0.3) is 5.91 Å². The van der Waals surface area contributed by atoms with Crippen molar-refractivity contribution in [3.8, 4) is 5.75 Å². The Bertz CT molecular complexity index is 858. The van der Waals surface area contributed by atoms with Crippen LogP contribution in [-0.2, 0) is 15.1 Å². The van der Waals surface area contributed by atoms with Gasteiger partial charge in [-0.3, -0.25) is 9.69 Å². The van der Waals surface area contributed by atoms with Gasteiger partial charge in [-0.1, -0.05) is 47.5 Å². The number of carbonyl (C=O) groups excluding carboxylic acids is 3. The van der Waals surface area contributed by atoms with Gasteiger partial charge < -0.3 is 10.1 Å². The van der Waals surface area contributed by atoms with Crippen molar-refractivity contribution in [2.45, 2.75) is 26.3 Å². The monoisotopic (exact) mass is 352 g/mol. The van der Waals surface area contributed by atoms with Crippen LogP contribution in [0.4, 0.5) is 4.79 Å². The summed E-state index contributed by atoms with van der Waals surface area (Å²) >= 11 is 0. The van der Waals surface area contributed by atoms with Crippen molar-refractivity contribution in [3.63, 3.8) is 0 Å². The Morgan fingerprint density at radius 1 is 1.00 bits per heavy atom. The highest BCUT2D eigenvalue weighted by molar-refractivity contribution is 6.08. The van der Waals surface area contributed by atoms with Crippen LogP contribution in [0.15, 0.2) is 48.5 Å². The van der Waals surface area contributed by atoms with E-state index < -0.39 is 30.0 Å². The highest BCUT2D eigenvalue weighted by atomic mass is 16.5. The zero-order chi connectivity index (χ0) is 18.9. The molecule has 1 atom stereocenters. The molecule has 134 valence electrons. The Morgan fingerprint density at radius 3 is 2.12 bits per heavy atom. The van der Waals surface area contributed by atoms with Gasteiger partial charge in [-0.05, 0) is 38.5 Å². The predicted octanol–water partition coefficient (Wildman–Crippen LogP) is 2.68. The van der Waals surface area contributed by atoms with Crippen molar-refractivity contribution >= 4 is 17.9 Å². The molecule has 0 spiro atoms. The Morgan fingerprint density at radius 2 is 1.54 bits per heavy atom. The first-order valence-electron chi connectivity index (χ1n) is 8.28. The second-order valence-corrected chi connectivity index (χ2v) is 6.60. The summed E-state index contributed by atoms with van der Waals surface area (Å²) in [6.45, 7) is 5.04. The van der Waals surface area contributed by atoms with E-state index in [9.17, 15) is 14.4 Å². The number of esters is 1. The van der Waals surface area contributed by atoms with Crippen LogP contribution >= 0.6 is 0 Å². The first-order valence-corrected chi connectivity index (χ1v) is 8.28. The van der Waals surface area contributed by atoms with Gasteiger partial charge in [0.05, 0.1) is 0 Å². The third-order valence-corrected chi connectivity index (χ3v) is 4.44. The predicted molar refractivity (Wildman–Crippen MR) is 95.6 cm³/mol. The van der Waals surface area contributed by atoms with Crippen molar-refractivity contribution in [1.82, 2.24) is 10.2 Å². The number of benzene rings is 2. The number of urea groups is 1. The molecule has 0 aromatic heterocycles. The quantitative estimate of drug-likeness (QED) is 0.521. The number of ether oxygens (including phenoxy) is 1. The number of amides is 3. The molecule has 26 heavy (non-hydrogen) atoms. The zero-order valence-electron chi connectivity index (χ0n) is 14.9. The van der Waals surface area contributed by atoms with Crippen molar-refractivity contribution in [3.05, 3.63) is 65.2 Å². The topological polar surface area (TPSA) is 75.7 Å². The van der Waals surface area contributed by atoms with Crippen LogP contribution in [0.2, 0.25) is 0 Å². The molecule has 1 fully saturated rings. The first-order chi connectivity index (χ1) is 12.3. The SMILES string of the molecule is Cc1ccc(OC(=O)CN2C(=O)NC(C)(c3ccc(C)cc3)C2=O)cc1. The largest absolute Gasteiger partial charge is 0.425 e. The average Bonchev–Trinajstić information content (AvgIpc) is 2.82. The smallest absolute Gasteiger partial charge is 0.331 e. The van der Waals surface area contributed by atoms with Gasteiger partial charge >= 0.3 is 12.0 Å². The van der Waals surface area contributed by atoms with E-state index >= 15 is 0 Å². The molecule has 0 bridgehead atoms. The maximum atomic E-state index is 12.8. The molecule has 2 aromatic carbocycles. The third kappa shape index (κ3) is 3.31. The number of aryl methyl sites for hydroxylation is 2. The second-order valence-electron chi connectivity index (χ2n) is 6.60. The first kappa shape index (κ1) is 17.7. The molecule has 1 unspecified atom stereocenters. The van der Waals surface area contributed by atoms with Crippen LogP contribution in [0.25, 0.3) is 0 Å². The number of nitrogens with one attached hydrogen (secondary N) is 1. The third-order valence-electron chi connectivity index (χ3n) is 4.44. The number of imide groups is 1. The van der Waals surface area contributed by atoms with Crippen LogP contribution in [0.5, 0.6) is 5.75 Å². The van der Waals surface area contributed by atoms with E-state index in [2.05, 4.69) is 5.32 Å². The van der Waals surface area contributed by atoms with Crippen LogP contribution in [0, 0.1) is 13.8 Å². The summed E-state index contributed by atoms with van der Waals surface area (Å²) in [6.07, 6.45) is 0. The van der Waals surface area contributed by atoms with Crippen molar-refractivity contribution in [2.24, 2.45) is 0 Å². The van der Waals surface area contributed by atoms with E-state index in [0.29, 0.717) is 11.3 Å². The number of nitrogens with zero attached hydrogens (tertiary/aromatic N) is 1. The Kier molecular flexibility index (Phi) is 4.50. The summed E-state index contributed by atoms with van der Waals surface area (Å²) in [5.74, 6) is -0.785. The zero-order valence-corrected chi connectivity index (χ0v) is 14.9. The number of hydrogen-bond acceptors (Lipinski definition) is 4. The van der Waals surface area contributed by atoms with E-state index in [4.69, 9.17) is 4.74 Å². The summed E-state index contributed by atoms with van der Waals surface area (Å²) in [6, 6.07) is 13.7. The molecule has 0 aliphatic carbocycles. The fourth-order valence-corrected chi connectivity index (χ4v) is 2.82. The standard InChI is InChI=1S/C20H20N2O4/c1-13-4-8-15(9-5-13)20(3)18(24)22(19(25)21-20)12-17(23)26-16-10-6-14(2)7-11-16/h4-11H,12H2,1-3H3,(H,21,25). The van der Waals surface area contributed by atoms with Crippen LogP contribution < -0.4 is 10.1 Å². The van der Waals surface area contributed by atoms with Crippen LogP contribution in [0.1, 0.15) is 23.6 Å². The molecule has 6 nitrogen and oxygen atoms in total. The minimum Gasteiger partial charge on any atom is -0.425 e. The van der Waals surface area contributed by atoms with Gasteiger partial charge in [0.15, 0.2) is 0 Å². The summed E-state index contributed by atoms with van der Waals surface area (Å²) in [5, 5.41) is 2.67. The van der Waals surface area contributed by atoms with Crippen molar-refractivity contribution in [2.75, 3.05) is 6.54 Å². The summed E-state index contributed by atoms with van der Waals surface area (Å²) in [4.78, 5) is 38.1. The lowest BCUT2D eigenvalue weighted by molar-refractivity contribution is -0.140. The number of hydrogen-bond donors (Lipinski definition) is 1. The molecule has 3 rings (SSSR count). The fraction of sp³-hybridized carbons (Fsp3) is 0.250. The lowest BCUT2D eigenvalue weighted by atomic mass is 9.91. The molecule has 0 radical (unpaired) electrons. The molecule has 1 heterocycles. The molecule has 1 aliphatic heterocycles. The molecule has 0 saturated carbocycles. The molecular weight excluding hydrogens is 332 g/mol. The van der Waals surface area contributed by atoms with Gasteiger partial charge in [0, 0.05) is 0 Å². The van der Waals surface area contributed by atoms with Gasteiger partial charge in [-0.2, -0.15) is 0 Å². The normalized spacial score (nSPS) is 19.4. The summed E-state index contributed by atoms with van der Waals surface area (Å²) in [5.41, 5.74) is 1.55. The molecule has 3 amide bonds. The molecule has 6 heteroatoms. The maximum absolute atomic E-state index is 12.8. The number of carbonyl (C=O) groups is 3. The Balaban J connectivity index is 1.73. The van der Waals surface area contributed by atoms with Gasteiger partial charge in [-0.15, -0.1) is 0 Å². The van der Waals surface area contributed by atoms with Crippen molar-refractivity contribution < 1.29 is 19.1 Å². The fourth-order valence-electron chi connectivity index (χ4n) is 2.82. The summed E-state index contributed by atoms with van der Waals surface area (Å²) < 4.78 is 5.20. The maximum Gasteiger partial charge on any atom is 0.331 e. The highest BCUT2D eigenvalue weighted by Gasteiger charge is 2.49. The van der Waals surface area contributed by atoms with Gasteiger partial charge in [0.1, 0.15) is 17.8 Å². The Labute approximate surface area is 151 Å². The number of rotatable bonds is 4.